The number of nitrogens with zero attached hydrogens (tertiary/aromatic N) is 1. The molecule has 0 saturated carbocycles. The molecule has 2 fully saturated rings. The predicted octanol–water partition coefficient (Wildman–Crippen LogP) is 4.03. The second-order valence-electron chi connectivity index (χ2n) is 9.60. The minimum absolute atomic E-state index is 0.155. The Kier molecular flexibility index (Phi) is 6.66. The summed E-state index contributed by atoms with van der Waals surface area (Å²) in [6.07, 6.45) is 3.67. The van der Waals surface area contributed by atoms with Crippen molar-refractivity contribution >= 4 is 11.8 Å². The molecule has 2 aliphatic heterocycles. The molecule has 2 aromatic carbocycles. The Morgan fingerprint density at radius 2 is 1.78 bits per heavy atom. The molecule has 2 saturated heterocycles. The van der Waals surface area contributed by atoms with Gasteiger partial charge >= 0.3 is 0 Å². The number of rotatable bonds is 5. The van der Waals surface area contributed by atoms with E-state index in [4.69, 9.17) is 10.5 Å². The summed E-state index contributed by atoms with van der Waals surface area (Å²) in [5.74, 6) is -0.391. The Morgan fingerprint density at radius 3 is 2.47 bits per heavy atom. The first-order valence-electron chi connectivity index (χ1n) is 11.7. The number of ether oxygens (including phenoxy) is 1. The lowest BCUT2D eigenvalue weighted by molar-refractivity contribution is -0.150. The first kappa shape index (κ1) is 22.5. The van der Waals surface area contributed by atoms with Gasteiger partial charge in [-0.15, -0.1) is 0 Å². The number of hydrogen-bond donors (Lipinski definition) is 1. The SMILES string of the molecule is Cc1cc(C)cc(-c2ccccc2CC2(C(=O)N3CCCC(C(N)=O)C3)CCOCC2)c1. The number of primary amides is 1. The molecule has 0 radical (unpaired) electrons. The Morgan fingerprint density at radius 1 is 1.09 bits per heavy atom. The van der Waals surface area contributed by atoms with Gasteiger partial charge in [-0.25, -0.2) is 0 Å². The van der Waals surface area contributed by atoms with Crippen LogP contribution in [-0.4, -0.2) is 43.0 Å². The molecule has 2 heterocycles. The van der Waals surface area contributed by atoms with Crippen LogP contribution in [0.3, 0.4) is 0 Å². The van der Waals surface area contributed by atoms with E-state index in [1.54, 1.807) is 0 Å². The minimum Gasteiger partial charge on any atom is -0.381 e. The lowest BCUT2D eigenvalue weighted by atomic mass is 9.72. The fourth-order valence-corrected chi connectivity index (χ4v) is 5.41. The number of piperidine rings is 1. The van der Waals surface area contributed by atoms with E-state index >= 15 is 0 Å². The average Bonchev–Trinajstić information content (AvgIpc) is 2.79. The van der Waals surface area contributed by atoms with Gasteiger partial charge in [0.1, 0.15) is 0 Å². The lowest BCUT2D eigenvalue weighted by Gasteiger charge is -2.42. The molecule has 32 heavy (non-hydrogen) atoms. The summed E-state index contributed by atoms with van der Waals surface area (Å²) in [4.78, 5) is 27.6. The summed E-state index contributed by atoms with van der Waals surface area (Å²) in [6.45, 7) is 6.55. The molecule has 5 nitrogen and oxygen atoms in total. The van der Waals surface area contributed by atoms with Gasteiger partial charge in [-0.1, -0.05) is 53.6 Å². The maximum atomic E-state index is 13.9. The van der Waals surface area contributed by atoms with Crippen molar-refractivity contribution in [1.82, 2.24) is 4.90 Å². The average molecular weight is 435 g/mol. The van der Waals surface area contributed by atoms with Crippen LogP contribution in [0.15, 0.2) is 42.5 Å². The number of benzene rings is 2. The van der Waals surface area contributed by atoms with Gasteiger partial charge < -0.3 is 15.4 Å². The van der Waals surface area contributed by atoms with E-state index in [1.807, 2.05) is 4.90 Å². The molecular formula is C27H34N2O3. The molecule has 2 N–H and O–H groups in total. The molecule has 0 aromatic heterocycles. The van der Waals surface area contributed by atoms with Crippen molar-refractivity contribution in [1.29, 1.82) is 0 Å². The quantitative estimate of drug-likeness (QED) is 0.772. The van der Waals surface area contributed by atoms with Crippen molar-refractivity contribution < 1.29 is 14.3 Å². The van der Waals surface area contributed by atoms with Gasteiger partial charge in [0.05, 0.1) is 11.3 Å². The minimum atomic E-state index is -0.507. The topological polar surface area (TPSA) is 72.6 Å². The van der Waals surface area contributed by atoms with E-state index in [9.17, 15) is 9.59 Å². The molecule has 1 atom stereocenters. The standard InChI is InChI=1S/C27H34N2O3/c1-19-14-20(2)16-23(15-19)24-8-4-3-6-21(24)17-27(9-12-32-13-10-27)26(31)29-11-5-7-22(18-29)25(28)30/h3-4,6,8,14-16,22H,5,7,9-13,17-18H2,1-2H3,(H2,28,30). The lowest BCUT2D eigenvalue weighted by Crippen LogP contribution is -2.52. The van der Waals surface area contributed by atoms with Gasteiger partial charge in [-0.2, -0.15) is 0 Å². The van der Waals surface area contributed by atoms with Crippen LogP contribution >= 0.6 is 0 Å². The second kappa shape index (κ2) is 9.45. The summed E-state index contributed by atoms with van der Waals surface area (Å²) in [5.41, 5.74) is 11.1. The zero-order chi connectivity index (χ0) is 22.7. The molecule has 2 aliphatic rings. The van der Waals surface area contributed by atoms with E-state index in [-0.39, 0.29) is 17.7 Å². The Bertz CT molecular complexity index is 974. The maximum Gasteiger partial charge on any atom is 0.229 e. The van der Waals surface area contributed by atoms with Crippen molar-refractivity contribution in [2.45, 2.75) is 46.0 Å². The second-order valence-corrected chi connectivity index (χ2v) is 9.60. The zero-order valence-corrected chi connectivity index (χ0v) is 19.2. The molecule has 5 heteroatoms. The third kappa shape index (κ3) is 4.73. The smallest absolute Gasteiger partial charge is 0.229 e. The van der Waals surface area contributed by atoms with E-state index < -0.39 is 5.41 Å². The van der Waals surface area contributed by atoms with Crippen LogP contribution in [0.25, 0.3) is 11.1 Å². The van der Waals surface area contributed by atoms with Crippen molar-refractivity contribution in [3.63, 3.8) is 0 Å². The molecule has 170 valence electrons. The molecule has 0 aliphatic carbocycles. The summed E-state index contributed by atoms with van der Waals surface area (Å²) >= 11 is 0. The monoisotopic (exact) mass is 434 g/mol. The highest BCUT2D eigenvalue weighted by Crippen LogP contribution is 2.40. The Hall–Kier alpha value is -2.66. The normalized spacial score (nSPS) is 20.7. The number of nitrogens with two attached hydrogens (primary N) is 1. The van der Waals surface area contributed by atoms with Crippen LogP contribution in [0.4, 0.5) is 0 Å². The highest BCUT2D eigenvalue weighted by molar-refractivity contribution is 5.85. The molecular weight excluding hydrogens is 400 g/mol. The van der Waals surface area contributed by atoms with E-state index in [0.29, 0.717) is 45.6 Å². The van der Waals surface area contributed by atoms with Crippen molar-refractivity contribution in [3.05, 3.63) is 59.2 Å². The Balaban J connectivity index is 1.67. The fraction of sp³-hybridized carbons (Fsp3) is 0.481. The molecule has 2 amide bonds. The molecule has 4 rings (SSSR count). The van der Waals surface area contributed by atoms with Gasteiger partial charge in [0.25, 0.3) is 0 Å². The van der Waals surface area contributed by atoms with Gasteiger partial charge in [0.2, 0.25) is 11.8 Å². The van der Waals surface area contributed by atoms with Crippen molar-refractivity contribution in [2.75, 3.05) is 26.3 Å². The number of likely N-dealkylation sites (tertiary alicyclic amines) is 1. The molecule has 0 spiro atoms. The number of carbonyl (C=O) groups is 2. The highest BCUT2D eigenvalue weighted by Gasteiger charge is 2.44. The van der Waals surface area contributed by atoms with Crippen molar-refractivity contribution in [2.24, 2.45) is 17.1 Å². The van der Waals surface area contributed by atoms with Crippen LogP contribution in [0.1, 0.15) is 42.4 Å². The molecule has 1 unspecified atom stereocenters. The summed E-state index contributed by atoms with van der Waals surface area (Å²) in [6, 6.07) is 15.0. The van der Waals surface area contributed by atoms with Gasteiger partial charge in [-0.3, -0.25) is 9.59 Å². The van der Waals surface area contributed by atoms with Gasteiger partial charge in [0.15, 0.2) is 0 Å². The van der Waals surface area contributed by atoms with Gasteiger partial charge in [-0.05, 0) is 62.6 Å². The number of aryl methyl sites for hydroxylation is 2. The van der Waals surface area contributed by atoms with Crippen LogP contribution < -0.4 is 5.73 Å². The van der Waals surface area contributed by atoms with Crippen LogP contribution in [0.2, 0.25) is 0 Å². The molecule has 0 bridgehead atoms. The third-order valence-corrected chi connectivity index (χ3v) is 7.09. The third-order valence-electron chi connectivity index (χ3n) is 7.09. The largest absolute Gasteiger partial charge is 0.381 e. The number of carbonyl (C=O) groups excluding carboxylic acids is 2. The summed E-state index contributed by atoms with van der Waals surface area (Å²) in [7, 11) is 0. The van der Waals surface area contributed by atoms with Crippen LogP contribution in [0, 0.1) is 25.2 Å². The fourth-order valence-electron chi connectivity index (χ4n) is 5.41. The predicted molar refractivity (Wildman–Crippen MR) is 126 cm³/mol. The summed E-state index contributed by atoms with van der Waals surface area (Å²) in [5, 5.41) is 0. The first-order chi connectivity index (χ1) is 15.4. The first-order valence-corrected chi connectivity index (χ1v) is 11.7. The number of hydrogen-bond acceptors (Lipinski definition) is 3. The molecule has 2 aromatic rings. The number of amides is 2. The van der Waals surface area contributed by atoms with Crippen LogP contribution in [-0.2, 0) is 20.7 Å². The van der Waals surface area contributed by atoms with Crippen molar-refractivity contribution in [3.8, 4) is 11.1 Å². The summed E-state index contributed by atoms with van der Waals surface area (Å²) < 4.78 is 5.66. The maximum absolute atomic E-state index is 13.9. The van der Waals surface area contributed by atoms with Crippen LogP contribution in [0.5, 0.6) is 0 Å². The van der Waals surface area contributed by atoms with E-state index in [2.05, 4.69) is 56.3 Å². The van der Waals surface area contributed by atoms with E-state index in [1.165, 1.54) is 27.8 Å². The van der Waals surface area contributed by atoms with E-state index in [0.717, 1.165) is 12.8 Å². The highest BCUT2D eigenvalue weighted by atomic mass is 16.5. The Labute approximate surface area is 190 Å². The zero-order valence-electron chi connectivity index (χ0n) is 19.2. The van der Waals surface area contributed by atoms with Gasteiger partial charge in [0, 0.05) is 26.3 Å².